The fourth-order valence-electron chi connectivity index (χ4n) is 2.95. The van der Waals surface area contributed by atoms with Gasteiger partial charge in [0.1, 0.15) is 0 Å². The van der Waals surface area contributed by atoms with Crippen molar-refractivity contribution in [1.29, 1.82) is 0 Å². The van der Waals surface area contributed by atoms with E-state index in [1.807, 2.05) is 64.1 Å². The summed E-state index contributed by atoms with van der Waals surface area (Å²) in [6.07, 6.45) is 1.82. The SMILES string of the molecule is CCOc1cc(/C=C2/C(=O)N(c3ccc(C)cc3)N=C2C)c(Br)c(Br)c1OCC. The molecule has 0 bridgehead atoms. The lowest BCUT2D eigenvalue weighted by Crippen LogP contribution is -2.21. The average molecular weight is 522 g/mol. The minimum Gasteiger partial charge on any atom is -0.490 e. The molecule has 0 radical (unpaired) electrons. The standard InChI is InChI=1S/C22H22Br2N2O3/c1-5-28-18-12-15(19(23)20(24)21(18)29-6-2)11-17-14(4)25-26(22(17)27)16-9-7-13(3)8-10-16/h7-12H,5-6H2,1-4H3/b17-11+. The lowest BCUT2D eigenvalue weighted by Gasteiger charge is -2.16. The highest BCUT2D eigenvalue weighted by molar-refractivity contribution is 9.13. The molecule has 1 heterocycles. The van der Waals surface area contributed by atoms with Crippen molar-refractivity contribution >= 4 is 55.2 Å². The van der Waals surface area contributed by atoms with E-state index in [2.05, 4.69) is 37.0 Å². The molecule has 3 rings (SSSR count). The van der Waals surface area contributed by atoms with E-state index in [4.69, 9.17) is 9.47 Å². The number of rotatable bonds is 6. The van der Waals surface area contributed by atoms with Crippen LogP contribution in [0.4, 0.5) is 5.69 Å². The predicted molar refractivity (Wildman–Crippen MR) is 124 cm³/mol. The third-order valence-electron chi connectivity index (χ3n) is 4.39. The summed E-state index contributed by atoms with van der Waals surface area (Å²) in [5, 5.41) is 5.89. The maximum absolute atomic E-state index is 13.0. The lowest BCUT2D eigenvalue weighted by atomic mass is 10.1. The Hall–Kier alpha value is -2.12. The smallest absolute Gasteiger partial charge is 0.280 e. The zero-order valence-corrected chi connectivity index (χ0v) is 19.9. The predicted octanol–water partition coefficient (Wildman–Crippen LogP) is 6.12. The Kier molecular flexibility index (Phi) is 6.80. The summed E-state index contributed by atoms with van der Waals surface area (Å²) in [6.45, 7) is 8.70. The van der Waals surface area contributed by atoms with Crippen LogP contribution in [0.5, 0.6) is 11.5 Å². The molecule has 152 valence electrons. The number of ether oxygens (including phenoxy) is 2. The zero-order chi connectivity index (χ0) is 21.1. The number of amides is 1. The summed E-state index contributed by atoms with van der Waals surface area (Å²) in [7, 11) is 0. The molecule has 0 aliphatic carbocycles. The topological polar surface area (TPSA) is 51.1 Å². The highest BCUT2D eigenvalue weighted by Gasteiger charge is 2.29. The van der Waals surface area contributed by atoms with Crippen LogP contribution < -0.4 is 14.5 Å². The van der Waals surface area contributed by atoms with E-state index in [9.17, 15) is 4.79 Å². The second kappa shape index (κ2) is 9.13. The molecule has 7 heteroatoms. The van der Waals surface area contributed by atoms with Gasteiger partial charge < -0.3 is 9.47 Å². The fourth-order valence-corrected chi connectivity index (χ4v) is 3.90. The maximum Gasteiger partial charge on any atom is 0.280 e. The number of carbonyl (C=O) groups is 1. The van der Waals surface area contributed by atoms with Crippen molar-refractivity contribution in [3.63, 3.8) is 0 Å². The molecule has 29 heavy (non-hydrogen) atoms. The Morgan fingerprint density at radius 1 is 1.03 bits per heavy atom. The summed E-state index contributed by atoms with van der Waals surface area (Å²) in [4.78, 5) is 13.0. The fraction of sp³-hybridized carbons (Fsp3) is 0.273. The van der Waals surface area contributed by atoms with Gasteiger partial charge in [-0.1, -0.05) is 17.7 Å². The number of aryl methyl sites for hydroxylation is 1. The van der Waals surface area contributed by atoms with Gasteiger partial charge >= 0.3 is 0 Å². The molecule has 0 saturated carbocycles. The molecule has 0 spiro atoms. The summed E-state index contributed by atoms with van der Waals surface area (Å²) in [5.74, 6) is 1.08. The monoisotopic (exact) mass is 520 g/mol. The minimum atomic E-state index is -0.166. The van der Waals surface area contributed by atoms with Gasteiger partial charge in [0.2, 0.25) is 0 Å². The maximum atomic E-state index is 13.0. The van der Waals surface area contributed by atoms with Crippen LogP contribution in [0.3, 0.4) is 0 Å². The van der Waals surface area contributed by atoms with Crippen LogP contribution in [0.1, 0.15) is 31.9 Å². The molecule has 1 amide bonds. The van der Waals surface area contributed by atoms with E-state index in [1.165, 1.54) is 5.01 Å². The molecular formula is C22H22Br2N2O3. The molecule has 0 fully saturated rings. The van der Waals surface area contributed by atoms with Crippen LogP contribution in [0.15, 0.2) is 50.0 Å². The quantitative estimate of drug-likeness (QED) is 0.430. The average Bonchev–Trinajstić information content (AvgIpc) is 2.97. The third-order valence-corrected chi connectivity index (χ3v) is 6.53. The lowest BCUT2D eigenvalue weighted by molar-refractivity contribution is -0.114. The molecule has 0 N–H and O–H groups in total. The van der Waals surface area contributed by atoms with Crippen LogP contribution in [0.2, 0.25) is 0 Å². The number of benzene rings is 2. The van der Waals surface area contributed by atoms with Crippen LogP contribution >= 0.6 is 31.9 Å². The molecule has 0 atom stereocenters. The number of anilines is 1. The summed E-state index contributed by atoms with van der Waals surface area (Å²) < 4.78 is 13.0. The van der Waals surface area contributed by atoms with Gasteiger partial charge in [0.15, 0.2) is 11.5 Å². The molecule has 2 aromatic carbocycles. The number of hydrogen-bond donors (Lipinski definition) is 0. The van der Waals surface area contributed by atoms with E-state index < -0.39 is 0 Å². The number of hydrazone groups is 1. The summed E-state index contributed by atoms with van der Waals surface area (Å²) in [5.41, 5.74) is 3.86. The van der Waals surface area contributed by atoms with Gasteiger partial charge in [-0.05, 0) is 89.4 Å². The Morgan fingerprint density at radius 2 is 1.69 bits per heavy atom. The summed E-state index contributed by atoms with van der Waals surface area (Å²) in [6, 6.07) is 9.58. The first kappa shape index (κ1) is 21.6. The Labute approximate surface area is 187 Å². The summed E-state index contributed by atoms with van der Waals surface area (Å²) >= 11 is 7.19. The molecule has 0 aromatic heterocycles. The van der Waals surface area contributed by atoms with Gasteiger partial charge in [0.25, 0.3) is 5.91 Å². The Morgan fingerprint density at radius 3 is 2.31 bits per heavy atom. The zero-order valence-electron chi connectivity index (χ0n) is 16.8. The Bertz CT molecular complexity index is 998. The van der Waals surface area contributed by atoms with Crippen LogP contribution in [0, 0.1) is 6.92 Å². The molecule has 1 aliphatic heterocycles. The van der Waals surface area contributed by atoms with Crippen LogP contribution in [-0.4, -0.2) is 24.8 Å². The van der Waals surface area contributed by atoms with Crippen molar-refractivity contribution in [1.82, 2.24) is 0 Å². The number of hydrogen-bond acceptors (Lipinski definition) is 4. The minimum absolute atomic E-state index is 0.166. The molecular weight excluding hydrogens is 500 g/mol. The van der Waals surface area contributed by atoms with E-state index >= 15 is 0 Å². The van der Waals surface area contributed by atoms with E-state index in [-0.39, 0.29) is 5.91 Å². The van der Waals surface area contributed by atoms with Crippen molar-refractivity contribution in [2.24, 2.45) is 5.10 Å². The number of nitrogens with zero attached hydrogens (tertiary/aromatic N) is 2. The highest BCUT2D eigenvalue weighted by atomic mass is 79.9. The first-order valence-electron chi connectivity index (χ1n) is 9.33. The van der Waals surface area contributed by atoms with Crippen molar-refractivity contribution < 1.29 is 14.3 Å². The molecule has 0 saturated heterocycles. The van der Waals surface area contributed by atoms with Gasteiger partial charge in [-0.3, -0.25) is 4.79 Å². The second-order valence-electron chi connectivity index (χ2n) is 6.48. The van der Waals surface area contributed by atoms with Crippen molar-refractivity contribution in [2.75, 3.05) is 18.2 Å². The normalized spacial score (nSPS) is 15.1. The van der Waals surface area contributed by atoms with Gasteiger partial charge in [-0.15, -0.1) is 0 Å². The molecule has 2 aromatic rings. The van der Waals surface area contributed by atoms with Gasteiger partial charge in [-0.25, -0.2) is 0 Å². The second-order valence-corrected chi connectivity index (χ2v) is 8.07. The molecule has 1 aliphatic rings. The van der Waals surface area contributed by atoms with Crippen molar-refractivity contribution in [2.45, 2.75) is 27.7 Å². The molecule has 0 unspecified atom stereocenters. The highest BCUT2D eigenvalue weighted by Crippen LogP contribution is 2.44. The first-order chi connectivity index (χ1) is 13.9. The van der Waals surface area contributed by atoms with Crippen LogP contribution in [-0.2, 0) is 4.79 Å². The van der Waals surface area contributed by atoms with E-state index in [1.54, 1.807) is 0 Å². The van der Waals surface area contributed by atoms with E-state index in [0.29, 0.717) is 36.0 Å². The van der Waals surface area contributed by atoms with Gasteiger partial charge in [-0.2, -0.15) is 10.1 Å². The number of halogens is 2. The van der Waals surface area contributed by atoms with Crippen molar-refractivity contribution in [3.05, 3.63) is 56.0 Å². The van der Waals surface area contributed by atoms with Gasteiger partial charge in [0.05, 0.1) is 34.7 Å². The first-order valence-corrected chi connectivity index (χ1v) is 10.9. The molecule has 5 nitrogen and oxygen atoms in total. The van der Waals surface area contributed by atoms with Crippen LogP contribution in [0.25, 0.3) is 6.08 Å². The Balaban J connectivity index is 2.02. The van der Waals surface area contributed by atoms with Crippen molar-refractivity contribution in [3.8, 4) is 11.5 Å². The number of carbonyl (C=O) groups excluding carboxylic acids is 1. The third kappa shape index (κ3) is 4.41. The van der Waals surface area contributed by atoms with E-state index in [0.717, 1.165) is 25.8 Å². The van der Waals surface area contributed by atoms with Gasteiger partial charge in [0, 0.05) is 4.47 Å². The largest absolute Gasteiger partial charge is 0.490 e.